The Labute approximate surface area is 166 Å². The standard InChI is InChI=1S/C21H28N6O/c1-16-5-4-8-23-21(16)25-19-14-22-13-18(24-19)17-6-11-26(12-7-17)15-20(28)27-9-2-3-10-27/h4-5,8,13-14,17H,2-3,6-7,9-12,15H2,1H3,(H,23,24,25). The molecule has 0 bridgehead atoms. The maximum atomic E-state index is 12.4. The van der Waals surface area contributed by atoms with E-state index in [9.17, 15) is 4.79 Å². The van der Waals surface area contributed by atoms with Crippen molar-refractivity contribution in [2.75, 3.05) is 38.0 Å². The summed E-state index contributed by atoms with van der Waals surface area (Å²) in [5.41, 5.74) is 2.09. The van der Waals surface area contributed by atoms with Gasteiger partial charge in [-0.05, 0) is 57.3 Å². The zero-order chi connectivity index (χ0) is 19.3. The number of aromatic nitrogens is 3. The molecule has 2 aliphatic heterocycles. The monoisotopic (exact) mass is 380 g/mol. The quantitative estimate of drug-likeness (QED) is 0.860. The van der Waals surface area contributed by atoms with E-state index in [4.69, 9.17) is 4.98 Å². The molecule has 0 unspecified atom stereocenters. The molecule has 7 heteroatoms. The number of rotatable bonds is 5. The summed E-state index contributed by atoms with van der Waals surface area (Å²) in [6.45, 7) is 6.30. The van der Waals surface area contributed by atoms with Crippen LogP contribution in [0.4, 0.5) is 11.6 Å². The molecule has 4 heterocycles. The molecule has 1 amide bonds. The van der Waals surface area contributed by atoms with Crippen molar-refractivity contribution in [2.45, 2.75) is 38.5 Å². The number of nitrogens with one attached hydrogen (secondary N) is 1. The van der Waals surface area contributed by atoms with Gasteiger partial charge in [0.15, 0.2) is 0 Å². The van der Waals surface area contributed by atoms with Gasteiger partial charge in [0.05, 0.1) is 18.4 Å². The smallest absolute Gasteiger partial charge is 0.236 e. The van der Waals surface area contributed by atoms with Crippen LogP contribution in [0.15, 0.2) is 30.7 Å². The number of piperidine rings is 1. The Balaban J connectivity index is 1.33. The molecule has 28 heavy (non-hydrogen) atoms. The molecule has 2 saturated heterocycles. The first-order valence-electron chi connectivity index (χ1n) is 10.2. The van der Waals surface area contributed by atoms with Gasteiger partial charge in [0.2, 0.25) is 5.91 Å². The molecule has 0 aromatic carbocycles. The summed E-state index contributed by atoms with van der Waals surface area (Å²) in [6.07, 6.45) is 9.69. The van der Waals surface area contributed by atoms with E-state index in [0.717, 1.165) is 74.8 Å². The summed E-state index contributed by atoms with van der Waals surface area (Å²) in [6, 6.07) is 3.94. The number of carbonyl (C=O) groups excluding carboxylic acids is 1. The van der Waals surface area contributed by atoms with E-state index in [-0.39, 0.29) is 5.91 Å². The Morgan fingerprint density at radius 2 is 1.96 bits per heavy atom. The molecule has 2 fully saturated rings. The summed E-state index contributed by atoms with van der Waals surface area (Å²) < 4.78 is 0. The Bertz CT molecular complexity index is 812. The van der Waals surface area contributed by atoms with Crippen LogP contribution in [0.5, 0.6) is 0 Å². The Morgan fingerprint density at radius 1 is 1.18 bits per heavy atom. The van der Waals surface area contributed by atoms with Gasteiger partial charge in [0.1, 0.15) is 11.6 Å². The van der Waals surface area contributed by atoms with Crippen LogP contribution in [0.2, 0.25) is 0 Å². The Morgan fingerprint density at radius 3 is 2.71 bits per heavy atom. The van der Waals surface area contributed by atoms with E-state index >= 15 is 0 Å². The molecule has 0 saturated carbocycles. The van der Waals surface area contributed by atoms with E-state index < -0.39 is 0 Å². The fourth-order valence-corrected chi connectivity index (χ4v) is 4.02. The zero-order valence-electron chi connectivity index (χ0n) is 16.5. The number of hydrogen-bond donors (Lipinski definition) is 1. The fourth-order valence-electron chi connectivity index (χ4n) is 4.02. The first-order chi connectivity index (χ1) is 13.7. The lowest BCUT2D eigenvalue weighted by Gasteiger charge is -2.32. The van der Waals surface area contributed by atoms with Crippen molar-refractivity contribution in [3.8, 4) is 0 Å². The highest BCUT2D eigenvalue weighted by atomic mass is 16.2. The number of amides is 1. The third-order valence-corrected chi connectivity index (χ3v) is 5.73. The van der Waals surface area contributed by atoms with Crippen molar-refractivity contribution >= 4 is 17.5 Å². The topological polar surface area (TPSA) is 74.2 Å². The van der Waals surface area contributed by atoms with Crippen LogP contribution in [0.25, 0.3) is 0 Å². The Hall–Kier alpha value is -2.54. The number of aryl methyl sites for hydroxylation is 1. The average molecular weight is 380 g/mol. The summed E-state index contributed by atoms with van der Waals surface area (Å²) in [5.74, 6) is 2.21. The zero-order valence-corrected chi connectivity index (χ0v) is 16.5. The first-order valence-corrected chi connectivity index (χ1v) is 10.2. The van der Waals surface area contributed by atoms with Gasteiger partial charge in [0.25, 0.3) is 0 Å². The molecule has 2 aromatic rings. The number of nitrogens with zero attached hydrogens (tertiary/aromatic N) is 5. The average Bonchev–Trinajstić information content (AvgIpc) is 3.26. The molecule has 0 spiro atoms. The molecule has 4 rings (SSSR count). The third kappa shape index (κ3) is 4.47. The molecular formula is C21H28N6O. The maximum absolute atomic E-state index is 12.4. The number of anilines is 2. The minimum Gasteiger partial charge on any atom is -0.342 e. The van der Waals surface area contributed by atoms with E-state index in [1.165, 1.54) is 0 Å². The molecule has 1 N–H and O–H groups in total. The highest BCUT2D eigenvalue weighted by Crippen LogP contribution is 2.27. The molecule has 7 nitrogen and oxygen atoms in total. The van der Waals surface area contributed by atoms with Crippen LogP contribution in [0.1, 0.15) is 42.9 Å². The van der Waals surface area contributed by atoms with Crippen LogP contribution >= 0.6 is 0 Å². The lowest BCUT2D eigenvalue weighted by Crippen LogP contribution is -2.42. The lowest BCUT2D eigenvalue weighted by atomic mass is 9.94. The predicted octanol–water partition coefficient (Wildman–Crippen LogP) is 2.73. The molecule has 0 radical (unpaired) electrons. The van der Waals surface area contributed by atoms with Gasteiger partial charge in [-0.1, -0.05) is 6.07 Å². The second kappa shape index (κ2) is 8.65. The SMILES string of the molecule is Cc1cccnc1Nc1cncc(C2CCN(CC(=O)N3CCCC3)CC2)n1. The lowest BCUT2D eigenvalue weighted by molar-refractivity contribution is -0.131. The summed E-state index contributed by atoms with van der Waals surface area (Å²) in [7, 11) is 0. The molecule has 148 valence electrons. The van der Waals surface area contributed by atoms with Crippen molar-refractivity contribution in [2.24, 2.45) is 0 Å². The second-order valence-corrected chi connectivity index (χ2v) is 7.76. The Kier molecular flexibility index (Phi) is 5.81. The summed E-state index contributed by atoms with van der Waals surface area (Å²) >= 11 is 0. The molecule has 2 aromatic heterocycles. The van der Waals surface area contributed by atoms with Gasteiger partial charge < -0.3 is 10.2 Å². The minimum atomic E-state index is 0.285. The van der Waals surface area contributed by atoms with Crippen LogP contribution in [-0.4, -0.2) is 63.4 Å². The third-order valence-electron chi connectivity index (χ3n) is 5.73. The number of carbonyl (C=O) groups is 1. The molecule has 0 aliphatic carbocycles. The normalized spacial score (nSPS) is 18.4. The first kappa shape index (κ1) is 18.8. The predicted molar refractivity (Wildman–Crippen MR) is 109 cm³/mol. The largest absolute Gasteiger partial charge is 0.342 e. The number of hydrogen-bond acceptors (Lipinski definition) is 6. The van der Waals surface area contributed by atoms with E-state index in [0.29, 0.717) is 12.5 Å². The van der Waals surface area contributed by atoms with Crippen LogP contribution in [0, 0.1) is 6.92 Å². The highest BCUT2D eigenvalue weighted by molar-refractivity contribution is 5.78. The molecule has 0 atom stereocenters. The number of pyridine rings is 1. The van der Waals surface area contributed by atoms with Gasteiger partial charge in [-0.15, -0.1) is 0 Å². The van der Waals surface area contributed by atoms with Gasteiger partial charge in [-0.2, -0.15) is 0 Å². The highest BCUT2D eigenvalue weighted by Gasteiger charge is 2.26. The fraction of sp³-hybridized carbons (Fsp3) is 0.524. The maximum Gasteiger partial charge on any atom is 0.236 e. The minimum absolute atomic E-state index is 0.285. The van der Waals surface area contributed by atoms with E-state index in [1.54, 1.807) is 12.4 Å². The van der Waals surface area contributed by atoms with Gasteiger partial charge in [-0.25, -0.2) is 9.97 Å². The van der Waals surface area contributed by atoms with Crippen molar-refractivity contribution in [3.63, 3.8) is 0 Å². The number of likely N-dealkylation sites (tertiary alicyclic amines) is 2. The van der Waals surface area contributed by atoms with Gasteiger partial charge >= 0.3 is 0 Å². The van der Waals surface area contributed by atoms with Crippen LogP contribution < -0.4 is 5.32 Å². The summed E-state index contributed by atoms with van der Waals surface area (Å²) in [5, 5.41) is 3.27. The van der Waals surface area contributed by atoms with Crippen molar-refractivity contribution in [1.82, 2.24) is 24.8 Å². The van der Waals surface area contributed by atoms with Crippen molar-refractivity contribution < 1.29 is 4.79 Å². The van der Waals surface area contributed by atoms with Gasteiger partial charge in [0, 0.05) is 31.4 Å². The van der Waals surface area contributed by atoms with Crippen molar-refractivity contribution in [3.05, 3.63) is 42.0 Å². The van der Waals surface area contributed by atoms with Crippen molar-refractivity contribution in [1.29, 1.82) is 0 Å². The van der Waals surface area contributed by atoms with Crippen LogP contribution in [-0.2, 0) is 4.79 Å². The second-order valence-electron chi connectivity index (χ2n) is 7.76. The van der Waals surface area contributed by atoms with Gasteiger partial charge in [-0.3, -0.25) is 14.7 Å². The van der Waals surface area contributed by atoms with E-state index in [2.05, 4.69) is 20.2 Å². The molecule has 2 aliphatic rings. The van der Waals surface area contributed by atoms with Crippen LogP contribution in [0.3, 0.4) is 0 Å². The van der Waals surface area contributed by atoms with E-state index in [1.807, 2.05) is 30.2 Å². The molecular weight excluding hydrogens is 352 g/mol. The summed E-state index contributed by atoms with van der Waals surface area (Å²) in [4.78, 5) is 30.2.